The molecule has 1 saturated heterocycles. The van der Waals surface area contributed by atoms with Crippen LogP contribution in [0.1, 0.15) is 24.1 Å². The van der Waals surface area contributed by atoms with Gasteiger partial charge >= 0.3 is 12.3 Å². The van der Waals surface area contributed by atoms with Crippen LogP contribution in [-0.4, -0.2) is 59.9 Å². The molecule has 2 aromatic carbocycles. The molecule has 0 bridgehead atoms. The summed E-state index contributed by atoms with van der Waals surface area (Å²) < 4.78 is 74.3. The number of hydrogen-bond donors (Lipinski definition) is 2. The third-order valence-electron chi connectivity index (χ3n) is 6.34. The molecule has 3 N–H and O–H groups in total. The lowest BCUT2D eigenvalue weighted by Crippen LogP contribution is -2.49. The molecule has 204 valence electrons. The van der Waals surface area contributed by atoms with Gasteiger partial charge in [-0.2, -0.15) is 22.6 Å². The van der Waals surface area contributed by atoms with Crippen molar-refractivity contribution in [2.75, 3.05) is 25.1 Å². The van der Waals surface area contributed by atoms with Crippen LogP contribution >= 0.6 is 0 Å². The molecule has 1 aliphatic heterocycles. The Morgan fingerprint density at radius 1 is 1.16 bits per heavy atom. The third kappa shape index (κ3) is 5.33. The Balaban J connectivity index is 1.71. The van der Waals surface area contributed by atoms with Crippen LogP contribution in [0, 0.1) is 0 Å². The Bertz CT molecular complexity index is 1400. The van der Waals surface area contributed by atoms with Crippen molar-refractivity contribution in [3.8, 4) is 11.4 Å². The highest BCUT2D eigenvalue weighted by atomic mass is 32.2. The van der Waals surface area contributed by atoms with Gasteiger partial charge in [0.25, 0.3) is 0 Å². The van der Waals surface area contributed by atoms with E-state index in [2.05, 4.69) is 5.10 Å². The number of hydrogen-bond acceptors (Lipinski definition) is 6. The molecule has 0 unspecified atom stereocenters. The van der Waals surface area contributed by atoms with E-state index in [9.17, 15) is 31.5 Å². The van der Waals surface area contributed by atoms with Gasteiger partial charge in [0.05, 0.1) is 17.7 Å². The summed E-state index contributed by atoms with van der Waals surface area (Å²) in [6.45, 7) is -0.0962. The number of nitrogens with two attached hydrogens (primary N) is 1. The van der Waals surface area contributed by atoms with Crippen LogP contribution in [-0.2, 0) is 22.7 Å². The summed E-state index contributed by atoms with van der Waals surface area (Å²) in [6, 6.07) is 12.2. The molecule has 10 nitrogen and oxygen atoms in total. The lowest BCUT2D eigenvalue weighted by atomic mass is 10.1. The molecule has 38 heavy (non-hydrogen) atoms. The predicted molar refractivity (Wildman–Crippen MR) is 132 cm³/mol. The number of benzene rings is 2. The highest BCUT2D eigenvalue weighted by Crippen LogP contribution is 2.36. The van der Waals surface area contributed by atoms with Gasteiger partial charge in [-0.15, -0.1) is 0 Å². The lowest BCUT2D eigenvalue weighted by molar-refractivity contribution is -0.141. The smallest absolute Gasteiger partial charge is 0.435 e. The van der Waals surface area contributed by atoms with E-state index in [1.165, 1.54) is 41.7 Å². The Morgan fingerprint density at radius 2 is 1.82 bits per heavy atom. The van der Waals surface area contributed by atoms with Crippen LogP contribution in [0.5, 0.6) is 5.75 Å². The summed E-state index contributed by atoms with van der Waals surface area (Å²) in [6.07, 6.45) is -6.20. The number of carbonyl (C=O) groups is 1. The average Bonchev–Trinajstić information content (AvgIpc) is 3.34. The van der Waals surface area contributed by atoms with Crippen LogP contribution in [0.3, 0.4) is 0 Å². The fraction of sp³-hybridized carbons (Fsp3) is 0.333. The summed E-state index contributed by atoms with van der Waals surface area (Å²) in [7, 11) is -2.38. The number of aromatic nitrogens is 2. The first-order valence-corrected chi connectivity index (χ1v) is 13.0. The largest absolute Gasteiger partial charge is 0.497 e. The molecule has 4 rings (SSSR count). The molecule has 2 heterocycles. The molecule has 0 aliphatic carbocycles. The van der Waals surface area contributed by atoms with Crippen molar-refractivity contribution in [2.24, 2.45) is 5.73 Å². The van der Waals surface area contributed by atoms with E-state index in [0.717, 1.165) is 9.58 Å². The molecular weight excluding hydrogens is 527 g/mol. The average molecular weight is 554 g/mol. The first-order valence-electron chi connectivity index (χ1n) is 11.6. The van der Waals surface area contributed by atoms with Crippen molar-refractivity contribution in [3.05, 3.63) is 65.9 Å². The molecule has 1 aliphatic rings. The molecule has 0 radical (unpaired) electrons. The van der Waals surface area contributed by atoms with E-state index < -0.39 is 34.0 Å². The molecule has 0 saturated carbocycles. The minimum Gasteiger partial charge on any atom is -0.497 e. The zero-order chi connectivity index (χ0) is 27.7. The van der Waals surface area contributed by atoms with Crippen molar-refractivity contribution in [3.63, 3.8) is 0 Å². The molecule has 1 aromatic heterocycles. The molecular formula is C24H26F3N5O5S. The van der Waals surface area contributed by atoms with Crippen LogP contribution in [0.2, 0.25) is 0 Å². The maximum Gasteiger partial charge on any atom is 0.435 e. The number of rotatable bonds is 7. The first-order chi connectivity index (χ1) is 18.0. The van der Waals surface area contributed by atoms with Crippen LogP contribution < -0.4 is 15.4 Å². The zero-order valence-corrected chi connectivity index (χ0v) is 21.1. The van der Waals surface area contributed by atoms with Gasteiger partial charge in [-0.05, 0) is 48.7 Å². The third-order valence-corrected chi connectivity index (χ3v) is 8.25. The Hall–Kier alpha value is -3.62. The van der Waals surface area contributed by atoms with E-state index in [-0.39, 0.29) is 48.9 Å². The second-order valence-corrected chi connectivity index (χ2v) is 10.5. The second-order valence-electron chi connectivity index (χ2n) is 8.60. The fourth-order valence-corrected chi connectivity index (χ4v) is 5.93. The van der Waals surface area contributed by atoms with Crippen molar-refractivity contribution in [1.29, 1.82) is 0 Å². The number of methoxy groups -OCH3 is 1. The van der Waals surface area contributed by atoms with Crippen LogP contribution in [0.15, 0.2) is 59.5 Å². The van der Waals surface area contributed by atoms with Gasteiger partial charge in [-0.3, -0.25) is 4.90 Å². The summed E-state index contributed by atoms with van der Waals surface area (Å²) in [5.74, 6) is 0.0927. The van der Waals surface area contributed by atoms with Crippen molar-refractivity contribution < 1.29 is 36.2 Å². The second kappa shape index (κ2) is 10.6. The number of amides is 1. The predicted octanol–water partition coefficient (Wildman–Crippen LogP) is 3.70. The van der Waals surface area contributed by atoms with E-state index >= 15 is 0 Å². The number of ether oxygens (including phenoxy) is 1. The summed E-state index contributed by atoms with van der Waals surface area (Å²) in [5, 5.41) is 13.8. The van der Waals surface area contributed by atoms with Gasteiger partial charge in [0.1, 0.15) is 11.6 Å². The molecule has 14 heteroatoms. The topological polar surface area (TPSA) is 131 Å². The zero-order valence-electron chi connectivity index (χ0n) is 20.3. The fourth-order valence-electron chi connectivity index (χ4n) is 4.44. The van der Waals surface area contributed by atoms with E-state index in [4.69, 9.17) is 10.5 Å². The molecule has 1 fully saturated rings. The first kappa shape index (κ1) is 27.4. The SMILES string of the molecule is COc1ccc(-n2nc(C(F)(F)F)cc2N(C(=O)O)C2CCN(S(=O)(=O)c3ccccc3)CC2)c(CN)c1. The normalized spacial score (nSPS) is 15.4. The lowest BCUT2D eigenvalue weighted by Gasteiger charge is -2.36. The quantitative estimate of drug-likeness (QED) is 0.456. The maximum atomic E-state index is 13.7. The number of anilines is 1. The highest BCUT2D eigenvalue weighted by molar-refractivity contribution is 7.89. The van der Waals surface area contributed by atoms with Gasteiger partial charge < -0.3 is 15.6 Å². The molecule has 3 aromatic rings. The number of sulfonamides is 1. The minimum absolute atomic E-state index is 0.0114. The Labute approximate surface area is 217 Å². The number of halogens is 3. The van der Waals surface area contributed by atoms with Crippen LogP contribution in [0.4, 0.5) is 23.8 Å². The highest BCUT2D eigenvalue weighted by Gasteiger charge is 2.40. The van der Waals surface area contributed by atoms with Gasteiger partial charge in [0.15, 0.2) is 5.69 Å². The summed E-state index contributed by atoms with van der Waals surface area (Å²) in [5.41, 5.74) is 5.10. The molecule has 1 amide bonds. The number of carboxylic acid groups (broad SMARTS) is 1. The van der Waals surface area contributed by atoms with Crippen LogP contribution in [0.25, 0.3) is 5.69 Å². The van der Waals surface area contributed by atoms with Gasteiger partial charge in [0.2, 0.25) is 10.0 Å². The van der Waals surface area contributed by atoms with E-state index in [1.54, 1.807) is 18.2 Å². The van der Waals surface area contributed by atoms with Crippen molar-refractivity contribution in [1.82, 2.24) is 14.1 Å². The number of nitrogens with zero attached hydrogens (tertiary/aromatic N) is 4. The van der Waals surface area contributed by atoms with Gasteiger partial charge in [0, 0.05) is 31.7 Å². The maximum absolute atomic E-state index is 13.7. The van der Waals surface area contributed by atoms with E-state index in [1.807, 2.05) is 0 Å². The van der Waals surface area contributed by atoms with Gasteiger partial charge in [-0.1, -0.05) is 18.2 Å². The van der Waals surface area contributed by atoms with Crippen molar-refractivity contribution >= 4 is 21.9 Å². The monoisotopic (exact) mass is 553 g/mol. The summed E-state index contributed by atoms with van der Waals surface area (Å²) >= 11 is 0. The van der Waals surface area contributed by atoms with Crippen molar-refractivity contribution in [2.45, 2.75) is 36.5 Å². The van der Waals surface area contributed by atoms with Gasteiger partial charge in [-0.25, -0.2) is 17.9 Å². The summed E-state index contributed by atoms with van der Waals surface area (Å²) in [4.78, 5) is 13.3. The number of alkyl halides is 3. The minimum atomic E-state index is -4.84. The number of piperidine rings is 1. The molecule has 0 spiro atoms. The Kier molecular flexibility index (Phi) is 7.67. The Morgan fingerprint density at radius 3 is 2.37 bits per heavy atom. The molecule has 0 atom stereocenters. The van der Waals surface area contributed by atoms with E-state index in [0.29, 0.717) is 17.4 Å². The standard InChI is InChI=1S/C24H26F3N5O5S/c1-37-18-7-8-20(16(13-18)15-28)32-22(14-21(29-32)24(25,26)27)31(23(33)34)17-9-11-30(12-10-17)38(35,36)19-5-3-2-4-6-19/h2-8,13-14,17H,9-12,15,28H2,1H3,(H,33,34).